The molecular formula is C13H12O9-2. The Balaban J connectivity index is 2.25. The minimum atomic E-state index is -1.95. The molecule has 0 aliphatic carbocycles. The van der Waals surface area contributed by atoms with Gasteiger partial charge in [0, 0.05) is 5.56 Å². The Morgan fingerprint density at radius 2 is 1.68 bits per heavy atom. The fraction of sp³-hybridized carbons (Fsp3) is 0.385. The van der Waals surface area contributed by atoms with Crippen molar-refractivity contribution in [2.45, 2.75) is 30.7 Å². The van der Waals surface area contributed by atoms with E-state index in [1.807, 2.05) is 0 Å². The first-order valence-corrected chi connectivity index (χ1v) is 6.20. The SMILES string of the molecule is O=C([O-])c1ccccc1O[C@@H]1O[C@H](C(=O)[O-])[C@@H](O)[C@H](O)[C@H]1O. The van der Waals surface area contributed by atoms with Gasteiger partial charge in [0.1, 0.15) is 30.2 Å². The number of aromatic carboxylic acids is 1. The van der Waals surface area contributed by atoms with Gasteiger partial charge in [-0.2, -0.15) is 0 Å². The van der Waals surface area contributed by atoms with Crippen LogP contribution < -0.4 is 14.9 Å². The molecule has 9 nitrogen and oxygen atoms in total. The van der Waals surface area contributed by atoms with Crippen molar-refractivity contribution in [3.63, 3.8) is 0 Å². The number of carbonyl (C=O) groups is 2. The van der Waals surface area contributed by atoms with Crippen LogP contribution in [0.4, 0.5) is 0 Å². The lowest BCUT2D eigenvalue weighted by Crippen LogP contribution is -2.63. The number of para-hydroxylation sites is 1. The summed E-state index contributed by atoms with van der Waals surface area (Å²) in [4.78, 5) is 21.8. The van der Waals surface area contributed by atoms with Crippen LogP contribution in [0, 0.1) is 0 Å². The zero-order valence-corrected chi connectivity index (χ0v) is 11.0. The highest BCUT2D eigenvalue weighted by atomic mass is 16.7. The summed E-state index contributed by atoms with van der Waals surface area (Å²) in [6, 6.07) is 5.23. The topological polar surface area (TPSA) is 159 Å². The van der Waals surface area contributed by atoms with Gasteiger partial charge in [-0.3, -0.25) is 0 Å². The predicted octanol–water partition coefficient (Wildman–Crippen LogP) is -4.01. The average Bonchev–Trinajstić information content (AvgIpc) is 2.47. The van der Waals surface area contributed by atoms with Crippen LogP contribution in [-0.2, 0) is 9.53 Å². The van der Waals surface area contributed by atoms with Crippen molar-refractivity contribution in [1.29, 1.82) is 0 Å². The number of carboxylic acid groups (broad SMARTS) is 2. The van der Waals surface area contributed by atoms with Crippen LogP contribution in [0.25, 0.3) is 0 Å². The zero-order chi connectivity index (χ0) is 16.4. The molecule has 0 bridgehead atoms. The third kappa shape index (κ3) is 3.02. The summed E-state index contributed by atoms with van der Waals surface area (Å²) < 4.78 is 9.93. The number of aliphatic hydroxyl groups excluding tert-OH is 3. The molecule has 0 aromatic heterocycles. The number of aliphatic hydroxyl groups is 3. The molecule has 120 valence electrons. The molecular weight excluding hydrogens is 300 g/mol. The van der Waals surface area contributed by atoms with Gasteiger partial charge in [0.25, 0.3) is 0 Å². The van der Waals surface area contributed by atoms with E-state index >= 15 is 0 Å². The highest BCUT2D eigenvalue weighted by molar-refractivity contribution is 5.89. The van der Waals surface area contributed by atoms with Gasteiger partial charge in [0.05, 0.1) is 11.9 Å². The number of carbonyl (C=O) groups excluding carboxylic acids is 2. The summed E-state index contributed by atoms with van der Waals surface area (Å²) >= 11 is 0. The fourth-order valence-electron chi connectivity index (χ4n) is 2.00. The minimum absolute atomic E-state index is 0.257. The zero-order valence-electron chi connectivity index (χ0n) is 11.0. The molecule has 1 aromatic carbocycles. The molecule has 2 rings (SSSR count). The Labute approximate surface area is 124 Å². The maximum absolute atomic E-state index is 10.9. The van der Waals surface area contributed by atoms with Crippen molar-refractivity contribution in [3.8, 4) is 5.75 Å². The van der Waals surface area contributed by atoms with E-state index in [-0.39, 0.29) is 11.3 Å². The summed E-state index contributed by atoms with van der Waals surface area (Å²) in [5.41, 5.74) is -0.357. The summed E-state index contributed by atoms with van der Waals surface area (Å²) in [6.45, 7) is 0. The maximum Gasteiger partial charge on any atom is 0.229 e. The first-order chi connectivity index (χ1) is 10.3. The molecule has 5 atom stereocenters. The van der Waals surface area contributed by atoms with Gasteiger partial charge in [-0.05, 0) is 12.1 Å². The molecule has 1 aromatic rings. The van der Waals surface area contributed by atoms with E-state index in [2.05, 4.69) is 0 Å². The standard InChI is InChI=1S/C13H14O9/c14-7-8(15)10(12(19)20)22-13(9(7)16)21-6-4-2-1-3-5(6)11(17)18/h1-4,7-10,13-16H,(H,17,18)(H,19,20)/p-2/t7-,8-,9+,10-,13+/m0/s1. The van der Waals surface area contributed by atoms with Crippen LogP contribution >= 0.6 is 0 Å². The van der Waals surface area contributed by atoms with Crippen LogP contribution in [0.5, 0.6) is 5.75 Å². The molecule has 3 N–H and O–H groups in total. The molecule has 1 aliphatic rings. The lowest BCUT2D eigenvalue weighted by atomic mass is 9.99. The molecule has 0 unspecified atom stereocenters. The molecule has 1 fully saturated rings. The smallest absolute Gasteiger partial charge is 0.229 e. The Morgan fingerprint density at radius 3 is 2.27 bits per heavy atom. The summed E-state index contributed by atoms with van der Waals surface area (Å²) in [5, 5.41) is 50.7. The second-order valence-corrected chi connectivity index (χ2v) is 4.62. The molecule has 1 aliphatic heterocycles. The first kappa shape index (κ1) is 16.2. The number of rotatable bonds is 4. The van der Waals surface area contributed by atoms with Crippen molar-refractivity contribution in [1.82, 2.24) is 0 Å². The van der Waals surface area contributed by atoms with E-state index < -0.39 is 42.6 Å². The summed E-state index contributed by atoms with van der Waals surface area (Å²) in [5.74, 6) is -3.63. The van der Waals surface area contributed by atoms with Gasteiger partial charge in [-0.15, -0.1) is 0 Å². The lowest BCUT2D eigenvalue weighted by molar-refractivity contribution is -0.342. The molecule has 0 saturated carbocycles. The Morgan fingerprint density at radius 1 is 1.05 bits per heavy atom. The maximum atomic E-state index is 10.9. The van der Waals surface area contributed by atoms with Crippen molar-refractivity contribution in [3.05, 3.63) is 29.8 Å². The quantitative estimate of drug-likeness (QED) is 0.503. The molecule has 1 heterocycles. The molecule has 22 heavy (non-hydrogen) atoms. The second kappa shape index (κ2) is 6.28. The van der Waals surface area contributed by atoms with Crippen molar-refractivity contribution >= 4 is 11.9 Å². The van der Waals surface area contributed by atoms with Crippen LogP contribution in [0.2, 0.25) is 0 Å². The molecule has 0 radical (unpaired) electrons. The van der Waals surface area contributed by atoms with Gasteiger partial charge in [0.2, 0.25) is 6.29 Å². The van der Waals surface area contributed by atoms with Crippen LogP contribution in [0.15, 0.2) is 24.3 Å². The monoisotopic (exact) mass is 312 g/mol. The third-order valence-electron chi connectivity index (χ3n) is 3.15. The third-order valence-corrected chi connectivity index (χ3v) is 3.15. The highest BCUT2D eigenvalue weighted by Gasteiger charge is 2.45. The van der Waals surface area contributed by atoms with Gasteiger partial charge in [0.15, 0.2) is 0 Å². The molecule has 9 heteroatoms. The van der Waals surface area contributed by atoms with Gasteiger partial charge in [-0.1, -0.05) is 12.1 Å². The van der Waals surface area contributed by atoms with Crippen LogP contribution in [0.1, 0.15) is 10.4 Å². The molecule has 0 amide bonds. The Kier molecular flexibility index (Phi) is 4.62. The summed E-state index contributed by atoms with van der Waals surface area (Å²) in [6.07, 6.45) is -9.27. The van der Waals surface area contributed by atoms with E-state index in [0.717, 1.165) is 0 Å². The Bertz CT molecular complexity index is 572. The predicted molar refractivity (Wildman–Crippen MR) is 63.1 cm³/mol. The normalized spacial score (nSPS) is 31.5. The number of hydrogen-bond donors (Lipinski definition) is 3. The van der Waals surface area contributed by atoms with E-state index in [9.17, 15) is 35.1 Å². The number of aliphatic carboxylic acids is 1. The highest BCUT2D eigenvalue weighted by Crippen LogP contribution is 2.26. The van der Waals surface area contributed by atoms with Crippen LogP contribution in [-0.4, -0.2) is 58.0 Å². The van der Waals surface area contributed by atoms with E-state index in [0.29, 0.717) is 0 Å². The molecule has 1 saturated heterocycles. The first-order valence-electron chi connectivity index (χ1n) is 6.20. The number of hydrogen-bond acceptors (Lipinski definition) is 9. The second-order valence-electron chi connectivity index (χ2n) is 4.62. The van der Waals surface area contributed by atoms with Crippen molar-refractivity contribution in [2.75, 3.05) is 0 Å². The van der Waals surface area contributed by atoms with Crippen LogP contribution in [0.3, 0.4) is 0 Å². The van der Waals surface area contributed by atoms with Gasteiger partial charge in [-0.25, -0.2) is 0 Å². The Hall–Kier alpha value is -2.20. The summed E-state index contributed by atoms with van der Waals surface area (Å²) in [7, 11) is 0. The van der Waals surface area contributed by atoms with E-state index in [4.69, 9.17) is 9.47 Å². The largest absolute Gasteiger partial charge is 0.547 e. The van der Waals surface area contributed by atoms with Gasteiger partial charge < -0.3 is 44.6 Å². The van der Waals surface area contributed by atoms with Crippen molar-refractivity contribution in [2.24, 2.45) is 0 Å². The fourth-order valence-corrected chi connectivity index (χ4v) is 2.00. The average molecular weight is 312 g/mol. The lowest BCUT2D eigenvalue weighted by Gasteiger charge is -2.40. The molecule has 0 spiro atoms. The van der Waals surface area contributed by atoms with Gasteiger partial charge >= 0.3 is 0 Å². The van der Waals surface area contributed by atoms with E-state index in [1.165, 1.54) is 24.3 Å². The van der Waals surface area contributed by atoms with E-state index in [1.54, 1.807) is 0 Å². The number of benzene rings is 1. The minimum Gasteiger partial charge on any atom is -0.547 e. The number of ether oxygens (including phenoxy) is 2. The number of carboxylic acids is 2. The van der Waals surface area contributed by atoms with Crippen molar-refractivity contribution < 1.29 is 44.6 Å².